The van der Waals surface area contributed by atoms with Gasteiger partial charge in [0, 0.05) is 5.56 Å². The SMILES string of the molecule is CCCCCCCc1ccc(-c2ncc(OC)cn2)cc1. The standard InChI is InChI=1S/C18H24N2O/c1-3-4-5-6-7-8-15-9-11-16(12-10-15)18-19-13-17(21-2)14-20-18/h9-14H,3-8H2,1-2H3. The third-order valence-electron chi connectivity index (χ3n) is 3.64. The van der Waals surface area contributed by atoms with E-state index in [-0.39, 0.29) is 0 Å². The Morgan fingerprint density at radius 1 is 0.905 bits per heavy atom. The van der Waals surface area contributed by atoms with Crippen LogP contribution in [0.25, 0.3) is 11.4 Å². The second-order valence-corrected chi connectivity index (χ2v) is 5.31. The van der Waals surface area contributed by atoms with Gasteiger partial charge >= 0.3 is 0 Å². The van der Waals surface area contributed by atoms with Gasteiger partial charge in [-0.15, -0.1) is 0 Å². The second-order valence-electron chi connectivity index (χ2n) is 5.31. The first-order valence-corrected chi connectivity index (χ1v) is 7.79. The fourth-order valence-electron chi connectivity index (χ4n) is 2.32. The van der Waals surface area contributed by atoms with Gasteiger partial charge in [-0.2, -0.15) is 0 Å². The fraction of sp³-hybridized carbons (Fsp3) is 0.444. The molecule has 1 heterocycles. The summed E-state index contributed by atoms with van der Waals surface area (Å²) >= 11 is 0. The van der Waals surface area contributed by atoms with Crippen molar-refractivity contribution >= 4 is 0 Å². The lowest BCUT2D eigenvalue weighted by molar-refractivity contribution is 0.411. The zero-order chi connectivity index (χ0) is 14.9. The summed E-state index contributed by atoms with van der Waals surface area (Å²) in [5.41, 5.74) is 2.44. The molecule has 2 aromatic rings. The summed E-state index contributed by atoms with van der Waals surface area (Å²) in [7, 11) is 1.62. The van der Waals surface area contributed by atoms with Gasteiger partial charge in [-0.25, -0.2) is 9.97 Å². The van der Waals surface area contributed by atoms with Crippen LogP contribution < -0.4 is 4.74 Å². The van der Waals surface area contributed by atoms with Gasteiger partial charge in [0.25, 0.3) is 0 Å². The third kappa shape index (κ3) is 4.85. The lowest BCUT2D eigenvalue weighted by atomic mass is 10.0. The molecule has 3 nitrogen and oxygen atoms in total. The van der Waals surface area contributed by atoms with Gasteiger partial charge in [0.05, 0.1) is 19.5 Å². The minimum absolute atomic E-state index is 0.683. The van der Waals surface area contributed by atoms with Gasteiger partial charge < -0.3 is 4.74 Å². The first kappa shape index (κ1) is 15.5. The molecular weight excluding hydrogens is 260 g/mol. The summed E-state index contributed by atoms with van der Waals surface area (Å²) in [6, 6.07) is 8.57. The highest BCUT2D eigenvalue weighted by molar-refractivity contribution is 5.55. The third-order valence-corrected chi connectivity index (χ3v) is 3.64. The maximum Gasteiger partial charge on any atom is 0.159 e. The number of unbranched alkanes of at least 4 members (excludes halogenated alkanes) is 4. The van der Waals surface area contributed by atoms with E-state index in [1.165, 1.54) is 37.7 Å². The number of methoxy groups -OCH3 is 1. The summed E-state index contributed by atoms with van der Waals surface area (Å²) in [6.07, 6.45) is 11.2. The monoisotopic (exact) mass is 284 g/mol. The predicted molar refractivity (Wildman–Crippen MR) is 86.5 cm³/mol. The normalized spacial score (nSPS) is 10.6. The van der Waals surface area contributed by atoms with Crippen LogP contribution in [-0.4, -0.2) is 17.1 Å². The number of rotatable bonds is 8. The number of ether oxygens (including phenoxy) is 1. The van der Waals surface area contributed by atoms with Crippen molar-refractivity contribution in [2.45, 2.75) is 45.4 Å². The van der Waals surface area contributed by atoms with Crippen LogP contribution in [0.1, 0.15) is 44.6 Å². The zero-order valence-corrected chi connectivity index (χ0v) is 13.0. The molecule has 0 atom stereocenters. The molecule has 1 aromatic heterocycles. The highest BCUT2D eigenvalue weighted by Gasteiger charge is 2.02. The van der Waals surface area contributed by atoms with E-state index >= 15 is 0 Å². The summed E-state index contributed by atoms with van der Waals surface area (Å²) < 4.78 is 5.07. The Bertz CT molecular complexity index is 520. The lowest BCUT2D eigenvalue weighted by Gasteiger charge is -2.04. The maximum atomic E-state index is 5.07. The van der Waals surface area contributed by atoms with Crippen LogP contribution >= 0.6 is 0 Å². The Morgan fingerprint density at radius 2 is 1.57 bits per heavy atom. The summed E-state index contributed by atoms with van der Waals surface area (Å²) in [4.78, 5) is 8.62. The van der Waals surface area contributed by atoms with E-state index in [2.05, 4.69) is 41.2 Å². The topological polar surface area (TPSA) is 35.0 Å². The quantitative estimate of drug-likeness (QED) is 0.661. The number of aromatic nitrogens is 2. The molecule has 0 saturated carbocycles. The van der Waals surface area contributed by atoms with Crippen molar-refractivity contribution in [1.29, 1.82) is 0 Å². The number of benzene rings is 1. The molecule has 3 heteroatoms. The van der Waals surface area contributed by atoms with Crippen molar-refractivity contribution in [2.75, 3.05) is 7.11 Å². The molecule has 0 amide bonds. The predicted octanol–water partition coefficient (Wildman–Crippen LogP) is 4.67. The van der Waals surface area contributed by atoms with Gasteiger partial charge in [-0.05, 0) is 18.4 Å². The first-order chi connectivity index (χ1) is 10.3. The Hall–Kier alpha value is -1.90. The molecule has 21 heavy (non-hydrogen) atoms. The Kier molecular flexibility index (Phi) is 6.20. The fourth-order valence-corrected chi connectivity index (χ4v) is 2.32. The van der Waals surface area contributed by atoms with E-state index in [4.69, 9.17) is 4.74 Å². The lowest BCUT2D eigenvalue weighted by Crippen LogP contribution is -1.92. The number of hydrogen-bond donors (Lipinski definition) is 0. The van der Waals surface area contributed by atoms with Crippen LogP contribution in [0.4, 0.5) is 0 Å². The minimum atomic E-state index is 0.683. The average molecular weight is 284 g/mol. The molecule has 0 aliphatic rings. The summed E-state index contributed by atoms with van der Waals surface area (Å²) in [5, 5.41) is 0. The second kappa shape index (κ2) is 8.40. The van der Waals surface area contributed by atoms with Crippen molar-refractivity contribution in [3.05, 3.63) is 42.2 Å². The van der Waals surface area contributed by atoms with Crippen LogP contribution in [-0.2, 0) is 6.42 Å². The summed E-state index contributed by atoms with van der Waals surface area (Å²) in [5.74, 6) is 1.42. The Morgan fingerprint density at radius 3 is 2.19 bits per heavy atom. The van der Waals surface area contributed by atoms with Crippen molar-refractivity contribution < 1.29 is 4.74 Å². The minimum Gasteiger partial charge on any atom is -0.494 e. The molecule has 0 fully saturated rings. The van der Waals surface area contributed by atoms with Gasteiger partial charge in [0.1, 0.15) is 0 Å². The first-order valence-electron chi connectivity index (χ1n) is 7.79. The summed E-state index contributed by atoms with van der Waals surface area (Å²) in [6.45, 7) is 2.25. The molecule has 2 rings (SSSR count). The smallest absolute Gasteiger partial charge is 0.159 e. The van der Waals surface area contributed by atoms with Crippen molar-refractivity contribution in [3.8, 4) is 17.1 Å². The average Bonchev–Trinajstić information content (AvgIpc) is 2.55. The molecule has 0 saturated heterocycles. The highest BCUT2D eigenvalue weighted by atomic mass is 16.5. The molecule has 0 aliphatic carbocycles. The molecule has 0 spiro atoms. The maximum absolute atomic E-state index is 5.07. The van der Waals surface area contributed by atoms with E-state index in [9.17, 15) is 0 Å². The highest BCUT2D eigenvalue weighted by Crippen LogP contribution is 2.18. The molecule has 0 aliphatic heterocycles. The number of nitrogens with zero attached hydrogens (tertiary/aromatic N) is 2. The van der Waals surface area contributed by atoms with E-state index < -0.39 is 0 Å². The molecule has 0 unspecified atom stereocenters. The van der Waals surface area contributed by atoms with Gasteiger partial charge in [-0.3, -0.25) is 0 Å². The molecule has 1 aromatic carbocycles. The van der Waals surface area contributed by atoms with Crippen LogP contribution in [0.2, 0.25) is 0 Å². The van der Waals surface area contributed by atoms with E-state index in [1.54, 1.807) is 19.5 Å². The molecular formula is C18H24N2O. The van der Waals surface area contributed by atoms with Crippen molar-refractivity contribution in [2.24, 2.45) is 0 Å². The van der Waals surface area contributed by atoms with Crippen LogP contribution in [0, 0.1) is 0 Å². The Balaban J connectivity index is 1.88. The molecule has 0 bridgehead atoms. The molecule has 0 N–H and O–H groups in total. The van der Waals surface area contributed by atoms with Crippen LogP contribution in [0.3, 0.4) is 0 Å². The van der Waals surface area contributed by atoms with Crippen molar-refractivity contribution in [1.82, 2.24) is 9.97 Å². The van der Waals surface area contributed by atoms with Crippen LogP contribution in [0.5, 0.6) is 5.75 Å². The van der Waals surface area contributed by atoms with E-state index in [0.717, 1.165) is 17.8 Å². The largest absolute Gasteiger partial charge is 0.494 e. The van der Waals surface area contributed by atoms with Crippen LogP contribution in [0.15, 0.2) is 36.7 Å². The Labute approximate surface area is 127 Å². The molecule has 0 radical (unpaired) electrons. The van der Waals surface area contributed by atoms with Gasteiger partial charge in [0.15, 0.2) is 11.6 Å². The van der Waals surface area contributed by atoms with Gasteiger partial charge in [-0.1, -0.05) is 56.9 Å². The van der Waals surface area contributed by atoms with E-state index in [1.807, 2.05) is 0 Å². The van der Waals surface area contributed by atoms with Crippen molar-refractivity contribution in [3.63, 3.8) is 0 Å². The molecule has 112 valence electrons. The van der Waals surface area contributed by atoms with Gasteiger partial charge in [0.2, 0.25) is 0 Å². The number of hydrogen-bond acceptors (Lipinski definition) is 3. The zero-order valence-electron chi connectivity index (χ0n) is 13.0. The van der Waals surface area contributed by atoms with E-state index in [0.29, 0.717) is 5.75 Å². The number of aryl methyl sites for hydroxylation is 1.